The van der Waals surface area contributed by atoms with Crippen molar-refractivity contribution in [3.05, 3.63) is 52.4 Å². The molecule has 0 saturated heterocycles. The number of benzene rings is 1. The molecule has 6 heteroatoms. The predicted octanol–water partition coefficient (Wildman–Crippen LogP) is 2.84. The summed E-state index contributed by atoms with van der Waals surface area (Å²) < 4.78 is 14.3. The van der Waals surface area contributed by atoms with E-state index in [4.69, 9.17) is 5.73 Å². The molecule has 2 aromatic rings. The molecule has 2 rings (SSSR count). The van der Waals surface area contributed by atoms with Gasteiger partial charge < -0.3 is 10.6 Å². The van der Waals surface area contributed by atoms with E-state index in [0.717, 1.165) is 0 Å². The summed E-state index contributed by atoms with van der Waals surface area (Å²) >= 11 is 3.22. The van der Waals surface area contributed by atoms with Crippen LogP contribution in [0, 0.1) is 5.82 Å². The maximum absolute atomic E-state index is 13.6. The zero-order valence-electron chi connectivity index (χ0n) is 10.1. The third-order valence-electron chi connectivity index (χ3n) is 2.63. The Hall–Kier alpha value is -1.95. The van der Waals surface area contributed by atoms with Crippen LogP contribution in [0.4, 0.5) is 15.9 Å². The standard InChI is InChI=1S/C13H11BrFN3O/c1-18(11-5-3-2-4-10(11)15)13(19)9-6-8(14)7-17-12(9)16/h2-7H,1H3,(H2,16,17). The minimum atomic E-state index is -0.472. The van der Waals surface area contributed by atoms with Gasteiger partial charge in [0, 0.05) is 17.7 Å². The van der Waals surface area contributed by atoms with Crippen LogP contribution in [0.2, 0.25) is 0 Å². The van der Waals surface area contributed by atoms with Crippen molar-refractivity contribution in [1.82, 2.24) is 4.98 Å². The van der Waals surface area contributed by atoms with Gasteiger partial charge >= 0.3 is 0 Å². The van der Waals surface area contributed by atoms with E-state index in [9.17, 15) is 9.18 Å². The van der Waals surface area contributed by atoms with E-state index in [-0.39, 0.29) is 17.1 Å². The summed E-state index contributed by atoms with van der Waals surface area (Å²) in [5.41, 5.74) is 6.08. The number of nitrogen functional groups attached to an aromatic ring is 1. The summed E-state index contributed by atoms with van der Waals surface area (Å²) in [6.07, 6.45) is 1.50. The van der Waals surface area contributed by atoms with Crippen molar-refractivity contribution in [2.45, 2.75) is 0 Å². The first-order chi connectivity index (χ1) is 9.00. The van der Waals surface area contributed by atoms with Gasteiger partial charge in [-0.3, -0.25) is 4.79 Å². The van der Waals surface area contributed by atoms with E-state index >= 15 is 0 Å². The lowest BCUT2D eigenvalue weighted by Gasteiger charge is -2.18. The van der Waals surface area contributed by atoms with Crippen molar-refractivity contribution in [2.75, 3.05) is 17.7 Å². The second-order valence-electron chi connectivity index (χ2n) is 3.90. The molecule has 19 heavy (non-hydrogen) atoms. The van der Waals surface area contributed by atoms with E-state index < -0.39 is 11.7 Å². The van der Waals surface area contributed by atoms with Crippen molar-refractivity contribution in [3.8, 4) is 0 Å². The summed E-state index contributed by atoms with van der Waals surface area (Å²) in [5, 5.41) is 0. The van der Waals surface area contributed by atoms with Crippen LogP contribution in [0.1, 0.15) is 10.4 Å². The molecule has 1 amide bonds. The number of para-hydroxylation sites is 1. The number of hydrogen-bond acceptors (Lipinski definition) is 3. The van der Waals surface area contributed by atoms with Gasteiger partial charge in [-0.25, -0.2) is 9.37 Å². The van der Waals surface area contributed by atoms with E-state index in [1.807, 2.05) is 0 Å². The normalized spacial score (nSPS) is 10.3. The van der Waals surface area contributed by atoms with Gasteiger partial charge in [0.25, 0.3) is 5.91 Å². The number of carbonyl (C=O) groups excluding carboxylic acids is 1. The van der Waals surface area contributed by atoms with E-state index in [2.05, 4.69) is 20.9 Å². The third-order valence-corrected chi connectivity index (χ3v) is 3.07. The van der Waals surface area contributed by atoms with Crippen LogP contribution >= 0.6 is 15.9 Å². The van der Waals surface area contributed by atoms with Crippen LogP contribution in [0.3, 0.4) is 0 Å². The smallest absolute Gasteiger partial charge is 0.261 e. The third kappa shape index (κ3) is 2.73. The van der Waals surface area contributed by atoms with Crippen molar-refractivity contribution in [1.29, 1.82) is 0 Å². The summed E-state index contributed by atoms with van der Waals surface area (Å²) in [7, 11) is 1.49. The molecule has 1 heterocycles. The maximum atomic E-state index is 13.6. The first-order valence-electron chi connectivity index (χ1n) is 5.44. The Bertz CT molecular complexity index is 633. The number of rotatable bonds is 2. The highest BCUT2D eigenvalue weighted by molar-refractivity contribution is 9.10. The average molecular weight is 324 g/mol. The number of nitrogens with zero attached hydrogens (tertiary/aromatic N) is 2. The lowest BCUT2D eigenvalue weighted by molar-refractivity contribution is 0.0992. The van der Waals surface area contributed by atoms with Crippen LogP contribution in [0.15, 0.2) is 41.0 Å². The minimum absolute atomic E-state index is 0.108. The number of hydrogen-bond donors (Lipinski definition) is 1. The highest BCUT2D eigenvalue weighted by Gasteiger charge is 2.19. The molecule has 0 atom stereocenters. The molecule has 0 aliphatic heterocycles. The molecule has 1 aromatic heterocycles. The second kappa shape index (κ2) is 5.36. The monoisotopic (exact) mass is 323 g/mol. The van der Waals surface area contributed by atoms with Gasteiger partial charge in [0.15, 0.2) is 0 Å². The summed E-state index contributed by atoms with van der Waals surface area (Å²) in [4.78, 5) is 17.4. The van der Waals surface area contributed by atoms with Crippen LogP contribution < -0.4 is 10.6 Å². The van der Waals surface area contributed by atoms with E-state index in [0.29, 0.717) is 4.47 Å². The quantitative estimate of drug-likeness (QED) is 0.924. The maximum Gasteiger partial charge on any atom is 0.261 e. The topological polar surface area (TPSA) is 59.2 Å². The number of amides is 1. The fourth-order valence-electron chi connectivity index (χ4n) is 1.63. The van der Waals surface area contributed by atoms with Gasteiger partial charge in [0.1, 0.15) is 11.6 Å². The van der Waals surface area contributed by atoms with Gasteiger partial charge in [-0.05, 0) is 34.1 Å². The average Bonchev–Trinajstić information content (AvgIpc) is 2.40. The molecule has 0 bridgehead atoms. The van der Waals surface area contributed by atoms with Gasteiger partial charge in [-0.1, -0.05) is 12.1 Å². The summed E-state index contributed by atoms with van der Waals surface area (Å²) in [5.74, 6) is -0.785. The predicted molar refractivity (Wildman–Crippen MR) is 75.5 cm³/mol. The Labute approximate surface area is 118 Å². The number of halogens is 2. The lowest BCUT2D eigenvalue weighted by Crippen LogP contribution is -2.28. The molecule has 0 fully saturated rings. The van der Waals surface area contributed by atoms with Crippen molar-refractivity contribution < 1.29 is 9.18 Å². The van der Waals surface area contributed by atoms with Gasteiger partial charge in [0.2, 0.25) is 0 Å². The molecule has 0 unspecified atom stereocenters. The zero-order chi connectivity index (χ0) is 14.0. The van der Waals surface area contributed by atoms with Gasteiger partial charge in [-0.15, -0.1) is 0 Å². The van der Waals surface area contributed by atoms with Gasteiger partial charge in [-0.2, -0.15) is 0 Å². The summed E-state index contributed by atoms with van der Waals surface area (Å²) in [6.45, 7) is 0. The fraction of sp³-hybridized carbons (Fsp3) is 0.0769. The molecule has 0 spiro atoms. The lowest BCUT2D eigenvalue weighted by atomic mass is 10.2. The molecule has 0 saturated carbocycles. The molecule has 1 aromatic carbocycles. The van der Waals surface area contributed by atoms with Crippen LogP contribution in [-0.2, 0) is 0 Å². The van der Waals surface area contributed by atoms with Crippen molar-refractivity contribution in [3.63, 3.8) is 0 Å². The van der Waals surface area contributed by atoms with Gasteiger partial charge in [0.05, 0.1) is 11.3 Å². The van der Waals surface area contributed by atoms with E-state index in [1.54, 1.807) is 18.2 Å². The first-order valence-corrected chi connectivity index (χ1v) is 6.23. The molecule has 98 valence electrons. The molecule has 0 aliphatic carbocycles. The van der Waals surface area contributed by atoms with Crippen molar-refractivity contribution in [2.24, 2.45) is 0 Å². The molecule has 4 nitrogen and oxygen atoms in total. The van der Waals surface area contributed by atoms with Crippen LogP contribution in [0.5, 0.6) is 0 Å². The Morgan fingerprint density at radius 1 is 1.42 bits per heavy atom. The molecule has 0 radical (unpaired) electrons. The Kier molecular flexibility index (Phi) is 3.80. The Morgan fingerprint density at radius 2 is 2.11 bits per heavy atom. The van der Waals surface area contributed by atoms with E-state index in [1.165, 1.54) is 30.3 Å². The Balaban J connectivity index is 2.39. The zero-order valence-corrected chi connectivity index (χ0v) is 11.7. The number of pyridine rings is 1. The number of anilines is 2. The second-order valence-corrected chi connectivity index (χ2v) is 4.82. The molecule has 2 N–H and O–H groups in total. The number of aromatic nitrogens is 1. The minimum Gasteiger partial charge on any atom is -0.383 e. The molecular weight excluding hydrogens is 313 g/mol. The SMILES string of the molecule is CN(C(=O)c1cc(Br)cnc1N)c1ccccc1F. The first kappa shape index (κ1) is 13.5. The van der Waals surface area contributed by atoms with Crippen LogP contribution in [-0.4, -0.2) is 17.9 Å². The largest absolute Gasteiger partial charge is 0.383 e. The van der Waals surface area contributed by atoms with Crippen LogP contribution in [0.25, 0.3) is 0 Å². The highest BCUT2D eigenvalue weighted by atomic mass is 79.9. The molecular formula is C13H11BrFN3O. The summed E-state index contributed by atoms with van der Waals surface area (Å²) in [6, 6.07) is 7.59. The number of nitrogens with two attached hydrogens (primary N) is 1. The van der Waals surface area contributed by atoms with Crippen molar-refractivity contribution >= 4 is 33.3 Å². The highest BCUT2D eigenvalue weighted by Crippen LogP contribution is 2.22. The fourth-order valence-corrected chi connectivity index (χ4v) is 1.97. The number of carbonyl (C=O) groups is 1. The Morgan fingerprint density at radius 3 is 2.79 bits per heavy atom. The molecule has 0 aliphatic rings.